The normalized spacial score (nSPS) is 26.0. The number of fused-ring (bicyclic) bond motifs is 1. The highest BCUT2D eigenvalue weighted by atomic mass is 19.4. The van der Waals surface area contributed by atoms with Gasteiger partial charge in [-0.2, -0.15) is 13.2 Å². The molecule has 1 fully saturated rings. The van der Waals surface area contributed by atoms with Crippen LogP contribution in [0.1, 0.15) is 31.4 Å². The summed E-state index contributed by atoms with van der Waals surface area (Å²) in [5.74, 6) is -1.56. The average molecular weight is 303 g/mol. The lowest BCUT2D eigenvalue weighted by Gasteiger charge is -2.41. The number of alkyl halides is 3. The van der Waals surface area contributed by atoms with Gasteiger partial charge in [0.1, 0.15) is 11.3 Å². The summed E-state index contributed by atoms with van der Waals surface area (Å²) in [5.41, 5.74) is -2.84. The van der Waals surface area contributed by atoms with Crippen molar-refractivity contribution in [1.82, 2.24) is 4.57 Å². The molecular formula is C13H12F3NO4. The van der Waals surface area contributed by atoms with Crippen molar-refractivity contribution in [3.8, 4) is 5.75 Å². The maximum absolute atomic E-state index is 13.1. The number of rotatable bonds is 1. The molecule has 3 rings (SSSR count). The van der Waals surface area contributed by atoms with E-state index in [1.165, 1.54) is 0 Å². The lowest BCUT2D eigenvalue weighted by Crippen LogP contribution is -2.44. The number of oxazole rings is 1. The molecule has 0 unspecified atom stereocenters. The van der Waals surface area contributed by atoms with Crippen LogP contribution in [0.15, 0.2) is 21.3 Å². The predicted molar refractivity (Wildman–Crippen MR) is 66.0 cm³/mol. The molecule has 114 valence electrons. The van der Waals surface area contributed by atoms with Crippen LogP contribution in [-0.4, -0.2) is 20.4 Å². The summed E-state index contributed by atoms with van der Waals surface area (Å²) >= 11 is 0. The quantitative estimate of drug-likeness (QED) is 0.848. The van der Waals surface area contributed by atoms with E-state index in [0.717, 1.165) is 10.6 Å². The summed E-state index contributed by atoms with van der Waals surface area (Å²) in [7, 11) is 0. The van der Waals surface area contributed by atoms with E-state index in [1.807, 2.05) is 0 Å². The molecule has 1 aromatic carbocycles. The van der Waals surface area contributed by atoms with Crippen LogP contribution >= 0.6 is 0 Å². The Morgan fingerprint density at radius 2 is 2.00 bits per heavy atom. The van der Waals surface area contributed by atoms with Crippen LogP contribution in [0.25, 0.3) is 11.1 Å². The summed E-state index contributed by atoms with van der Waals surface area (Å²) < 4.78 is 45.0. The maximum Gasteiger partial charge on any atom is 0.420 e. The van der Waals surface area contributed by atoms with E-state index in [2.05, 4.69) is 0 Å². The van der Waals surface area contributed by atoms with Crippen LogP contribution in [0.2, 0.25) is 0 Å². The molecule has 1 aromatic heterocycles. The van der Waals surface area contributed by atoms with Crippen LogP contribution in [0.3, 0.4) is 0 Å². The Hall–Kier alpha value is -1.96. The number of nitrogens with zero attached hydrogens (tertiary/aromatic N) is 1. The third kappa shape index (κ3) is 2.19. The Morgan fingerprint density at radius 3 is 2.52 bits per heavy atom. The highest BCUT2D eigenvalue weighted by Crippen LogP contribution is 2.44. The molecule has 1 heterocycles. The van der Waals surface area contributed by atoms with Crippen molar-refractivity contribution in [1.29, 1.82) is 0 Å². The van der Waals surface area contributed by atoms with E-state index in [-0.39, 0.29) is 18.4 Å². The first-order valence-corrected chi connectivity index (χ1v) is 6.26. The van der Waals surface area contributed by atoms with Gasteiger partial charge < -0.3 is 14.6 Å². The van der Waals surface area contributed by atoms with Gasteiger partial charge in [0.2, 0.25) is 0 Å². The van der Waals surface area contributed by atoms with Gasteiger partial charge in [0, 0.05) is 12.1 Å². The predicted octanol–water partition coefficient (Wildman–Crippen LogP) is 2.40. The molecule has 0 atom stereocenters. The minimum absolute atomic E-state index is 0.166. The Morgan fingerprint density at radius 1 is 1.38 bits per heavy atom. The van der Waals surface area contributed by atoms with Crippen LogP contribution in [0.4, 0.5) is 13.2 Å². The highest BCUT2D eigenvalue weighted by molar-refractivity contribution is 5.79. The van der Waals surface area contributed by atoms with Gasteiger partial charge in [0.15, 0.2) is 5.58 Å². The number of phenols is 1. The van der Waals surface area contributed by atoms with Gasteiger partial charge in [-0.25, -0.2) is 4.79 Å². The first-order chi connectivity index (χ1) is 9.58. The van der Waals surface area contributed by atoms with Gasteiger partial charge >= 0.3 is 11.9 Å². The molecule has 2 N–H and O–H groups in total. The SMILES string of the molecule is CC1(O)CC(n2c(=O)oc3cc(O)cc(C(F)(F)F)c32)C1. The zero-order chi connectivity index (χ0) is 15.6. The summed E-state index contributed by atoms with van der Waals surface area (Å²) in [5, 5.41) is 19.1. The monoisotopic (exact) mass is 303 g/mol. The van der Waals surface area contributed by atoms with E-state index in [4.69, 9.17) is 4.42 Å². The molecule has 5 nitrogen and oxygen atoms in total. The van der Waals surface area contributed by atoms with Crippen LogP contribution < -0.4 is 5.76 Å². The molecule has 0 aliphatic heterocycles. The summed E-state index contributed by atoms with van der Waals surface area (Å²) in [6.45, 7) is 1.55. The third-order valence-electron chi connectivity index (χ3n) is 3.72. The number of benzene rings is 1. The lowest BCUT2D eigenvalue weighted by atomic mass is 9.77. The van der Waals surface area contributed by atoms with E-state index in [9.17, 15) is 28.2 Å². The van der Waals surface area contributed by atoms with Crippen molar-refractivity contribution >= 4 is 11.1 Å². The van der Waals surface area contributed by atoms with Crippen molar-refractivity contribution < 1.29 is 27.8 Å². The van der Waals surface area contributed by atoms with Gasteiger partial charge in [-0.15, -0.1) is 0 Å². The summed E-state index contributed by atoms with van der Waals surface area (Å²) in [4.78, 5) is 11.8. The highest BCUT2D eigenvalue weighted by Gasteiger charge is 2.43. The summed E-state index contributed by atoms with van der Waals surface area (Å²) in [6.07, 6.45) is -4.40. The molecule has 1 aliphatic carbocycles. The Kier molecular flexibility index (Phi) is 2.69. The standard InChI is InChI=1S/C13H12F3NO4/c1-12(20)4-6(5-12)17-10-8(13(14,15)16)2-7(18)3-9(10)21-11(17)19/h2-3,6,18,20H,4-5H2,1H3. The van der Waals surface area contributed by atoms with Gasteiger partial charge in [-0.3, -0.25) is 4.57 Å². The number of hydrogen-bond acceptors (Lipinski definition) is 4. The second-order valence-electron chi connectivity index (χ2n) is 5.63. The van der Waals surface area contributed by atoms with E-state index in [1.54, 1.807) is 6.92 Å². The fourth-order valence-electron chi connectivity index (χ4n) is 2.84. The van der Waals surface area contributed by atoms with Gasteiger partial charge in [-0.05, 0) is 25.8 Å². The second-order valence-corrected chi connectivity index (χ2v) is 5.63. The van der Waals surface area contributed by atoms with Crippen LogP contribution in [0, 0.1) is 0 Å². The minimum Gasteiger partial charge on any atom is -0.508 e. The minimum atomic E-state index is -4.73. The van der Waals surface area contributed by atoms with E-state index in [0.29, 0.717) is 6.07 Å². The van der Waals surface area contributed by atoms with Gasteiger partial charge in [0.05, 0.1) is 11.2 Å². The van der Waals surface area contributed by atoms with Gasteiger partial charge in [-0.1, -0.05) is 0 Å². The van der Waals surface area contributed by atoms with Crippen molar-refractivity contribution in [2.24, 2.45) is 0 Å². The average Bonchev–Trinajstić information content (AvgIpc) is 2.58. The lowest BCUT2D eigenvalue weighted by molar-refractivity contribution is -0.136. The van der Waals surface area contributed by atoms with Crippen LogP contribution in [0.5, 0.6) is 5.75 Å². The Bertz CT molecular complexity index is 764. The third-order valence-corrected chi connectivity index (χ3v) is 3.72. The van der Waals surface area contributed by atoms with Gasteiger partial charge in [0.25, 0.3) is 0 Å². The molecule has 0 bridgehead atoms. The zero-order valence-electron chi connectivity index (χ0n) is 10.9. The Balaban J connectivity index is 2.26. The summed E-state index contributed by atoms with van der Waals surface area (Å²) in [6, 6.07) is 0.976. The number of phenolic OH excluding ortho intramolecular Hbond substituents is 1. The van der Waals surface area contributed by atoms with Crippen molar-refractivity contribution in [2.45, 2.75) is 37.6 Å². The first-order valence-electron chi connectivity index (χ1n) is 6.26. The Labute approximate surface area is 116 Å². The van der Waals surface area contributed by atoms with Crippen molar-refractivity contribution in [3.05, 3.63) is 28.2 Å². The second kappa shape index (κ2) is 4.03. The van der Waals surface area contributed by atoms with Crippen molar-refractivity contribution in [2.75, 3.05) is 0 Å². The first kappa shape index (κ1) is 14.0. The van der Waals surface area contributed by atoms with E-state index >= 15 is 0 Å². The molecule has 0 radical (unpaired) electrons. The number of aromatic nitrogens is 1. The molecule has 21 heavy (non-hydrogen) atoms. The molecule has 1 saturated carbocycles. The number of aromatic hydroxyl groups is 1. The fourth-order valence-corrected chi connectivity index (χ4v) is 2.84. The number of hydrogen-bond donors (Lipinski definition) is 2. The fraction of sp³-hybridized carbons (Fsp3) is 0.462. The zero-order valence-corrected chi connectivity index (χ0v) is 10.9. The maximum atomic E-state index is 13.1. The molecule has 0 amide bonds. The molecule has 0 saturated heterocycles. The molecule has 0 spiro atoms. The molecule has 2 aromatic rings. The van der Waals surface area contributed by atoms with Crippen molar-refractivity contribution in [3.63, 3.8) is 0 Å². The molecule has 8 heteroatoms. The molecule has 1 aliphatic rings. The smallest absolute Gasteiger partial charge is 0.420 e. The number of halogens is 3. The topological polar surface area (TPSA) is 75.6 Å². The number of aliphatic hydroxyl groups is 1. The van der Waals surface area contributed by atoms with E-state index < -0.39 is 40.4 Å². The largest absolute Gasteiger partial charge is 0.508 e. The van der Waals surface area contributed by atoms with Crippen LogP contribution in [-0.2, 0) is 6.18 Å². The molecular weight excluding hydrogens is 291 g/mol.